The fraction of sp³-hybridized carbons (Fsp3) is 0.636. The van der Waals surface area contributed by atoms with Gasteiger partial charge in [0.05, 0.1) is 6.10 Å². The van der Waals surface area contributed by atoms with Crippen LogP contribution in [0.5, 0.6) is 0 Å². The summed E-state index contributed by atoms with van der Waals surface area (Å²) in [6, 6.07) is 0. The molecule has 1 unspecified atom stereocenters. The normalized spacial score (nSPS) is 13.5. The molecule has 16 heavy (non-hydrogen) atoms. The third-order valence-corrected chi connectivity index (χ3v) is 2.00. The number of carbonyl (C=O) groups is 2. The lowest BCUT2D eigenvalue weighted by Gasteiger charge is -2.11. The van der Waals surface area contributed by atoms with Crippen LogP contribution in [0.4, 0.5) is 0 Å². The summed E-state index contributed by atoms with van der Waals surface area (Å²) in [7, 11) is 0. The van der Waals surface area contributed by atoms with Crippen molar-refractivity contribution in [1.29, 1.82) is 0 Å². The first-order valence-corrected chi connectivity index (χ1v) is 5.25. The molecule has 2 N–H and O–H groups in total. The molecule has 92 valence electrons. The molecule has 0 aromatic heterocycles. The SMILES string of the molecule is CCCOC(C)CCC(=CC(=O)O)C(=O)O. The Kier molecular flexibility index (Phi) is 7.20. The van der Waals surface area contributed by atoms with Gasteiger partial charge in [-0.1, -0.05) is 6.92 Å². The largest absolute Gasteiger partial charge is 0.478 e. The van der Waals surface area contributed by atoms with Crippen LogP contribution in [0.1, 0.15) is 33.1 Å². The van der Waals surface area contributed by atoms with Gasteiger partial charge >= 0.3 is 11.9 Å². The monoisotopic (exact) mass is 230 g/mol. The van der Waals surface area contributed by atoms with Crippen molar-refractivity contribution in [3.8, 4) is 0 Å². The molecule has 0 bridgehead atoms. The highest BCUT2D eigenvalue weighted by molar-refractivity contribution is 5.94. The van der Waals surface area contributed by atoms with Gasteiger partial charge in [0.15, 0.2) is 0 Å². The van der Waals surface area contributed by atoms with Crippen LogP contribution in [0.25, 0.3) is 0 Å². The van der Waals surface area contributed by atoms with E-state index in [-0.39, 0.29) is 18.1 Å². The van der Waals surface area contributed by atoms with Crippen LogP contribution in [-0.4, -0.2) is 34.9 Å². The fourth-order valence-electron chi connectivity index (χ4n) is 1.15. The minimum atomic E-state index is -1.24. The number of aliphatic carboxylic acids is 2. The Balaban J connectivity index is 4.13. The van der Waals surface area contributed by atoms with Crippen LogP contribution in [0.2, 0.25) is 0 Å². The number of hydrogen-bond acceptors (Lipinski definition) is 3. The standard InChI is InChI=1S/C11H18O5/c1-3-6-16-8(2)4-5-9(11(14)15)7-10(12)13/h7-8H,3-6H2,1-2H3,(H,12,13)(H,14,15). The Bertz CT molecular complexity index is 270. The van der Waals surface area contributed by atoms with Crippen molar-refractivity contribution in [2.24, 2.45) is 0 Å². The molecular formula is C11H18O5. The van der Waals surface area contributed by atoms with Crippen molar-refractivity contribution in [1.82, 2.24) is 0 Å². The lowest BCUT2D eigenvalue weighted by atomic mass is 10.1. The maximum absolute atomic E-state index is 10.7. The highest BCUT2D eigenvalue weighted by Crippen LogP contribution is 2.10. The van der Waals surface area contributed by atoms with Gasteiger partial charge in [-0.2, -0.15) is 0 Å². The molecule has 0 aromatic rings. The van der Waals surface area contributed by atoms with Crippen LogP contribution in [0.3, 0.4) is 0 Å². The first-order valence-electron chi connectivity index (χ1n) is 5.25. The highest BCUT2D eigenvalue weighted by atomic mass is 16.5. The minimum Gasteiger partial charge on any atom is -0.478 e. The van der Waals surface area contributed by atoms with Crippen LogP contribution in [0.15, 0.2) is 11.6 Å². The summed E-state index contributed by atoms with van der Waals surface area (Å²) in [5.74, 6) is -2.43. The molecule has 0 aliphatic rings. The average Bonchev–Trinajstić information content (AvgIpc) is 2.20. The van der Waals surface area contributed by atoms with E-state index in [1.807, 2.05) is 13.8 Å². The molecule has 0 saturated carbocycles. The van der Waals surface area contributed by atoms with E-state index in [4.69, 9.17) is 14.9 Å². The third kappa shape index (κ3) is 7.00. The van der Waals surface area contributed by atoms with Crippen molar-refractivity contribution in [2.75, 3.05) is 6.61 Å². The first-order chi connectivity index (χ1) is 7.47. The lowest BCUT2D eigenvalue weighted by molar-refractivity contribution is -0.135. The minimum absolute atomic E-state index is 0.0588. The second kappa shape index (κ2) is 7.87. The first kappa shape index (κ1) is 14.6. The summed E-state index contributed by atoms with van der Waals surface area (Å²) < 4.78 is 5.36. The van der Waals surface area contributed by atoms with Crippen molar-refractivity contribution in [3.63, 3.8) is 0 Å². The van der Waals surface area contributed by atoms with Gasteiger partial charge in [0.1, 0.15) is 0 Å². The van der Waals surface area contributed by atoms with E-state index in [1.165, 1.54) is 0 Å². The molecule has 0 saturated heterocycles. The maximum Gasteiger partial charge on any atom is 0.331 e. The number of ether oxygens (including phenoxy) is 1. The summed E-state index contributed by atoms with van der Waals surface area (Å²) in [4.78, 5) is 21.0. The van der Waals surface area contributed by atoms with Gasteiger partial charge in [0.2, 0.25) is 0 Å². The molecule has 0 amide bonds. The summed E-state index contributed by atoms with van der Waals surface area (Å²) >= 11 is 0. The third-order valence-electron chi connectivity index (χ3n) is 2.00. The van der Waals surface area contributed by atoms with Crippen LogP contribution >= 0.6 is 0 Å². The Morgan fingerprint density at radius 2 is 2.00 bits per heavy atom. The van der Waals surface area contributed by atoms with Crippen molar-refractivity contribution < 1.29 is 24.5 Å². The van der Waals surface area contributed by atoms with Gasteiger partial charge in [0, 0.05) is 18.3 Å². The Labute approximate surface area is 94.7 Å². The maximum atomic E-state index is 10.7. The van der Waals surface area contributed by atoms with E-state index in [0.29, 0.717) is 13.0 Å². The predicted octanol–water partition coefficient (Wildman–Crippen LogP) is 1.68. The van der Waals surface area contributed by atoms with E-state index >= 15 is 0 Å². The van der Waals surface area contributed by atoms with Crippen molar-refractivity contribution in [3.05, 3.63) is 11.6 Å². The second-order valence-corrected chi connectivity index (χ2v) is 3.53. The van der Waals surface area contributed by atoms with Gasteiger partial charge in [-0.25, -0.2) is 9.59 Å². The molecule has 0 spiro atoms. The molecule has 5 heteroatoms. The zero-order valence-corrected chi connectivity index (χ0v) is 9.60. The molecule has 0 aromatic carbocycles. The van der Waals surface area contributed by atoms with Crippen molar-refractivity contribution >= 4 is 11.9 Å². The molecule has 0 radical (unpaired) electrons. The Morgan fingerprint density at radius 3 is 2.44 bits per heavy atom. The summed E-state index contributed by atoms with van der Waals surface area (Å²) in [5.41, 5.74) is -0.0977. The Morgan fingerprint density at radius 1 is 1.38 bits per heavy atom. The van der Waals surface area contributed by atoms with Gasteiger partial charge in [-0.3, -0.25) is 0 Å². The summed E-state index contributed by atoms with van der Waals surface area (Å²) in [5, 5.41) is 17.2. The zero-order valence-electron chi connectivity index (χ0n) is 9.60. The second-order valence-electron chi connectivity index (χ2n) is 3.53. The van der Waals surface area contributed by atoms with Crippen LogP contribution in [-0.2, 0) is 14.3 Å². The van der Waals surface area contributed by atoms with Gasteiger partial charge in [-0.05, 0) is 26.2 Å². The topological polar surface area (TPSA) is 83.8 Å². The smallest absolute Gasteiger partial charge is 0.331 e. The van der Waals surface area contributed by atoms with E-state index in [2.05, 4.69) is 0 Å². The molecule has 1 atom stereocenters. The van der Waals surface area contributed by atoms with E-state index in [1.54, 1.807) is 0 Å². The van der Waals surface area contributed by atoms with E-state index < -0.39 is 11.9 Å². The van der Waals surface area contributed by atoms with Crippen molar-refractivity contribution in [2.45, 2.75) is 39.2 Å². The summed E-state index contributed by atoms with van der Waals surface area (Å²) in [6.07, 6.45) is 2.28. The van der Waals surface area contributed by atoms with Gasteiger partial charge in [-0.15, -0.1) is 0 Å². The fourth-order valence-corrected chi connectivity index (χ4v) is 1.15. The highest BCUT2D eigenvalue weighted by Gasteiger charge is 2.11. The van der Waals surface area contributed by atoms with E-state index in [0.717, 1.165) is 12.5 Å². The molecule has 0 rings (SSSR count). The summed E-state index contributed by atoms with van der Waals surface area (Å²) in [6.45, 7) is 4.46. The number of rotatable bonds is 8. The molecule has 5 nitrogen and oxygen atoms in total. The molecule has 0 fully saturated rings. The van der Waals surface area contributed by atoms with Crippen LogP contribution < -0.4 is 0 Å². The van der Waals surface area contributed by atoms with Gasteiger partial charge < -0.3 is 14.9 Å². The van der Waals surface area contributed by atoms with Crippen LogP contribution in [0, 0.1) is 0 Å². The van der Waals surface area contributed by atoms with E-state index in [9.17, 15) is 9.59 Å². The number of hydrogen-bond donors (Lipinski definition) is 2. The molecular weight excluding hydrogens is 212 g/mol. The molecule has 0 heterocycles. The number of carboxylic acids is 2. The predicted molar refractivity (Wildman–Crippen MR) is 58.3 cm³/mol. The Hall–Kier alpha value is -1.36. The zero-order chi connectivity index (χ0) is 12.6. The lowest BCUT2D eigenvalue weighted by Crippen LogP contribution is -2.12. The number of carboxylic acid groups (broad SMARTS) is 2. The molecule has 0 aliphatic heterocycles. The quantitative estimate of drug-likeness (QED) is 0.620. The average molecular weight is 230 g/mol. The molecule has 0 aliphatic carbocycles. The van der Waals surface area contributed by atoms with Gasteiger partial charge in [0.25, 0.3) is 0 Å².